The fourth-order valence-corrected chi connectivity index (χ4v) is 2.41. The fourth-order valence-electron chi connectivity index (χ4n) is 2.41. The Morgan fingerprint density at radius 2 is 1.74 bits per heavy atom. The lowest BCUT2D eigenvalue weighted by molar-refractivity contribution is 0.809. The minimum absolute atomic E-state index is 0.905. The second kappa shape index (κ2) is 8.82. The van der Waals surface area contributed by atoms with Crippen LogP contribution in [-0.2, 0) is 6.54 Å². The summed E-state index contributed by atoms with van der Waals surface area (Å²) in [4.78, 5) is 2.25. The number of rotatable bonds is 3. The van der Waals surface area contributed by atoms with Crippen molar-refractivity contribution >= 4 is 5.69 Å². The lowest BCUT2D eigenvalue weighted by atomic mass is 10.0. The van der Waals surface area contributed by atoms with Gasteiger partial charge in [0, 0.05) is 24.7 Å². The third-order valence-corrected chi connectivity index (χ3v) is 3.67. The molecule has 2 aromatic rings. The molecule has 0 saturated heterocycles. The van der Waals surface area contributed by atoms with Gasteiger partial charge in [-0.05, 0) is 43.8 Å². The molecule has 2 aromatic carbocycles. The van der Waals surface area contributed by atoms with E-state index in [1.165, 1.54) is 11.3 Å². The Hall–Kier alpha value is -2.50. The molecule has 0 fully saturated rings. The molecule has 1 aliphatic heterocycles. The summed E-state index contributed by atoms with van der Waals surface area (Å²) in [6, 6.07) is 16.6. The van der Waals surface area contributed by atoms with Crippen LogP contribution in [0.15, 0.2) is 61.2 Å². The van der Waals surface area contributed by atoms with Gasteiger partial charge in [0.15, 0.2) is 0 Å². The molecule has 0 spiro atoms. The second-order valence-electron chi connectivity index (χ2n) is 5.46. The first-order valence-corrected chi connectivity index (χ1v) is 7.92. The lowest BCUT2D eigenvalue weighted by Gasteiger charge is -2.22. The maximum Gasteiger partial charge on any atom is 0.0525 e. The summed E-state index contributed by atoms with van der Waals surface area (Å²) in [6.45, 7) is 5.51. The third-order valence-electron chi connectivity index (χ3n) is 3.67. The molecule has 2 nitrogen and oxygen atoms in total. The number of nitrogens with zero attached hydrogens (tertiary/aromatic N) is 1. The van der Waals surface area contributed by atoms with E-state index in [9.17, 15) is 0 Å². The van der Waals surface area contributed by atoms with Crippen molar-refractivity contribution in [2.75, 3.05) is 25.5 Å². The van der Waals surface area contributed by atoms with Gasteiger partial charge in [0.25, 0.3) is 0 Å². The van der Waals surface area contributed by atoms with Crippen LogP contribution >= 0.6 is 0 Å². The molecular weight excluding hydrogens is 280 g/mol. The van der Waals surface area contributed by atoms with E-state index in [0.29, 0.717) is 0 Å². The Morgan fingerprint density at radius 1 is 1.09 bits per heavy atom. The molecule has 0 aromatic heterocycles. The Kier molecular flexibility index (Phi) is 6.47. The van der Waals surface area contributed by atoms with Gasteiger partial charge in [-0.15, -0.1) is 6.58 Å². The van der Waals surface area contributed by atoms with E-state index in [-0.39, 0.29) is 0 Å². The lowest BCUT2D eigenvalue weighted by Crippen LogP contribution is -2.19. The minimum Gasteiger partial charge on any atom is -0.369 e. The normalized spacial score (nSPS) is 11.5. The van der Waals surface area contributed by atoms with Crippen molar-refractivity contribution in [3.8, 4) is 11.8 Å². The molecule has 0 radical (unpaired) electrons. The molecular formula is C21H24N2. The molecule has 0 saturated carbocycles. The zero-order chi connectivity index (χ0) is 16.5. The molecule has 1 aliphatic rings. The van der Waals surface area contributed by atoms with Crippen LogP contribution in [0.4, 0.5) is 5.69 Å². The van der Waals surface area contributed by atoms with Gasteiger partial charge in [-0.2, -0.15) is 0 Å². The molecule has 2 heteroatoms. The first-order valence-electron chi connectivity index (χ1n) is 7.92. The van der Waals surface area contributed by atoms with Crippen LogP contribution in [0.25, 0.3) is 0 Å². The van der Waals surface area contributed by atoms with Crippen LogP contribution in [0.5, 0.6) is 0 Å². The number of anilines is 1. The average Bonchev–Trinajstić information content (AvgIpc) is 2.58. The van der Waals surface area contributed by atoms with Gasteiger partial charge in [0.05, 0.1) is 5.69 Å². The zero-order valence-electron chi connectivity index (χ0n) is 14.0. The largest absolute Gasteiger partial charge is 0.369 e. The highest BCUT2D eigenvalue weighted by Gasteiger charge is 2.10. The first kappa shape index (κ1) is 16.9. The minimum atomic E-state index is 0.905. The smallest absolute Gasteiger partial charge is 0.0525 e. The molecule has 1 N–H and O–H groups in total. The predicted octanol–water partition coefficient (Wildman–Crippen LogP) is 3.82. The molecule has 0 atom stereocenters. The van der Waals surface area contributed by atoms with Crippen molar-refractivity contribution in [2.45, 2.75) is 13.0 Å². The van der Waals surface area contributed by atoms with E-state index in [2.05, 4.69) is 72.1 Å². The van der Waals surface area contributed by atoms with Gasteiger partial charge in [0.1, 0.15) is 0 Å². The summed E-state index contributed by atoms with van der Waals surface area (Å²) in [5.41, 5.74) is 4.73. The monoisotopic (exact) mass is 304 g/mol. The molecule has 0 unspecified atom stereocenters. The fraction of sp³-hybridized carbons (Fsp3) is 0.238. The van der Waals surface area contributed by atoms with Crippen LogP contribution in [-0.4, -0.2) is 20.6 Å². The summed E-state index contributed by atoms with van der Waals surface area (Å²) in [5, 5.41) is 3.00. The number of fused-ring (bicyclic) bond motifs is 2. The highest BCUT2D eigenvalue weighted by molar-refractivity contribution is 5.63. The van der Waals surface area contributed by atoms with Gasteiger partial charge >= 0.3 is 0 Å². The highest BCUT2D eigenvalue weighted by Crippen LogP contribution is 2.23. The Balaban J connectivity index is 0.000000277. The van der Waals surface area contributed by atoms with Gasteiger partial charge in [-0.1, -0.05) is 48.2 Å². The summed E-state index contributed by atoms with van der Waals surface area (Å²) in [5.74, 6) is 6.53. The van der Waals surface area contributed by atoms with Gasteiger partial charge in [0.2, 0.25) is 0 Å². The standard InChI is InChI=1S/C16H13N.C5H11N/c1-17-12-15-8-3-2-6-13(15)10-11-14-7-4-5-9-16(14)17;1-3-4-5-6-2/h2-9H,12H2,1H3;3,6H,1,4-5H2,2H3. The predicted molar refractivity (Wildman–Crippen MR) is 99.7 cm³/mol. The van der Waals surface area contributed by atoms with Crippen LogP contribution in [0.3, 0.4) is 0 Å². The molecule has 0 amide bonds. The van der Waals surface area contributed by atoms with Gasteiger partial charge < -0.3 is 10.2 Å². The van der Waals surface area contributed by atoms with E-state index >= 15 is 0 Å². The number of benzene rings is 2. The Labute approximate surface area is 139 Å². The Morgan fingerprint density at radius 3 is 2.43 bits per heavy atom. The van der Waals surface area contributed by atoms with E-state index in [1.54, 1.807) is 0 Å². The number of nitrogens with one attached hydrogen (secondary N) is 1. The van der Waals surface area contributed by atoms with E-state index in [1.807, 2.05) is 25.3 Å². The first-order chi connectivity index (χ1) is 11.3. The summed E-state index contributed by atoms with van der Waals surface area (Å²) in [6.07, 6.45) is 2.97. The van der Waals surface area contributed by atoms with Crippen LogP contribution in [0, 0.1) is 11.8 Å². The maximum atomic E-state index is 3.56. The second-order valence-corrected chi connectivity index (χ2v) is 5.46. The maximum absolute atomic E-state index is 3.56. The van der Waals surface area contributed by atoms with Crippen molar-refractivity contribution in [1.29, 1.82) is 0 Å². The average molecular weight is 304 g/mol. The SMILES string of the molecule is C=CCCNC.CN1Cc2ccccc2C#Cc2ccccc21. The third kappa shape index (κ3) is 4.74. The van der Waals surface area contributed by atoms with E-state index in [4.69, 9.17) is 0 Å². The molecule has 3 rings (SSSR count). The van der Waals surface area contributed by atoms with Crippen molar-refractivity contribution in [1.82, 2.24) is 5.32 Å². The number of hydrogen-bond donors (Lipinski definition) is 1. The van der Waals surface area contributed by atoms with E-state index < -0.39 is 0 Å². The van der Waals surface area contributed by atoms with Crippen molar-refractivity contribution in [2.24, 2.45) is 0 Å². The van der Waals surface area contributed by atoms with Gasteiger partial charge in [-0.25, -0.2) is 0 Å². The topological polar surface area (TPSA) is 15.3 Å². The van der Waals surface area contributed by atoms with Crippen LogP contribution in [0.1, 0.15) is 23.1 Å². The van der Waals surface area contributed by atoms with Gasteiger partial charge in [-0.3, -0.25) is 0 Å². The zero-order valence-corrected chi connectivity index (χ0v) is 14.0. The van der Waals surface area contributed by atoms with Crippen LogP contribution < -0.4 is 10.2 Å². The van der Waals surface area contributed by atoms with Crippen molar-refractivity contribution in [3.63, 3.8) is 0 Å². The van der Waals surface area contributed by atoms with E-state index in [0.717, 1.165) is 30.6 Å². The molecule has 23 heavy (non-hydrogen) atoms. The molecule has 0 bridgehead atoms. The number of hydrogen-bond acceptors (Lipinski definition) is 2. The molecule has 118 valence electrons. The summed E-state index contributed by atoms with van der Waals surface area (Å²) in [7, 11) is 4.05. The van der Waals surface area contributed by atoms with Crippen LogP contribution in [0.2, 0.25) is 0 Å². The summed E-state index contributed by atoms with van der Waals surface area (Å²) < 4.78 is 0. The van der Waals surface area contributed by atoms with Crippen molar-refractivity contribution in [3.05, 3.63) is 77.9 Å². The molecule has 0 aliphatic carbocycles. The van der Waals surface area contributed by atoms with Crippen molar-refractivity contribution < 1.29 is 0 Å². The number of para-hydroxylation sites is 1. The highest BCUT2D eigenvalue weighted by atomic mass is 15.1. The Bertz CT molecular complexity index is 707. The summed E-state index contributed by atoms with van der Waals surface area (Å²) >= 11 is 0. The molecule has 1 heterocycles. The quantitative estimate of drug-likeness (QED) is 0.527.